The highest BCUT2D eigenvalue weighted by Gasteiger charge is 2.13. The van der Waals surface area contributed by atoms with Gasteiger partial charge < -0.3 is 10.5 Å². The molecule has 0 heterocycles. The summed E-state index contributed by atoms with van der Waals surface area (Å²) < 4.78 is 40.3. The van der Waals surface area contributed by atoms with Crippen LogP contribution in [0.1, 0.15) is 5.56 Å². The van der Waals surface area contributed by atoms with Gasteiger partial charge in [0.15, 0.2) is 11.6 Å². The molecule has 0 fully saturated rings. The van der Waals surface area contributed by atoms with E-state index in [1.165, 1.54) is 6.07 Å². The van der Waals surface area contributed by atoms with Gasteiger partial charge in [0.05, 0.1) is 5.69 Å². The molecule has 0 aliphatic heterocycles. The van der Waals surface area contributed by atoms with Crippen molar-refractivity contribution in [1.29, 1.82) is 0 Å². The molecule has 0 unspecified atom stereocenters. The van der Waals surface area contributed by atoms with Crippen molar-refractivity contribution in [3.8, 4) is 5.75 Å². The topological polar surface area (TPSA) is 35.2 Å². The van der Waals surface area contributed by atoms with Gasteiger partial charge in [-0.1, -0.05) is 0 Å². The molecule has 0 atom stereocenters. The molecule has 1 aromatic rings. The Balaban J connectivity index is 3.06. The summed E-state index contributed by atoms with van der Waals surface area (Å²) in [4.78, 5) is 0. The first-order chi connectivity index (χ1) is 6.00. The molecule has 0 bridgehead atoms. The third-order valence-corrected chi connectivity index (χ3v) is 1.42. The number of anilines is 1. The van der Waals surface area contributed by atoms with E-state index in [0.717, 1.165) is 6.07 Å². The fourth-order valence-corrected chi connectivity index (χ4v) is 0.969. The number of hydrogen-bond donors (Lipinski definition) is 1. The number of nitrogen functional groups attached to an aromatic ring is 1. The van der Waals surface area contributed by atoms with Crippen LogP contribution in [0.5, 0.6) is 5.75 Å². The lowest BCUT2D eigenvalue weighted by Crippen LogP contribution is -2.06. The summed E-state index contributed by atoms with van der Waals surface area (Å²) in [6.45, 7) is -1.47. The normalized spacial score (nSPS) is 10.5. The van der Waals surface area contributed by atoms with E-state index < -0.39 is 18.2 Å². The quantitative estimate of drug-likeness (QED) is 0.728. The van der Waals surface area contributed by atoms with Crippen LogP contribution in [-0.4, -0.2) is 6.61 Å². The number of ether oxygens (including phenoxy) is 1. The predicted molar refractivity (Wildman–Crippen MR) is 42.2 cm³/mol. The Morgan fingerprint density at radius 1 is 1.38 bits per heavy atom. The van der Waals surface area contributed by atoms with E-state index in [9.17, 15) is 13.2 Å². The lowest BCUT2D eigenvalue weighted by molar-refractivity contribution is -0.0516. The molecule has 0 radical (unpaired) electrons. The Morgan fingerprint density at radius 3 is 2.46 bits per heavy atom. The van der Waals surface area contributed by atoms with Gasteiger partial charge in [0.2, 0.25) is 0 Å². The lowest BCUT2D eigenvalue weighted by Gasteiger charge is -2.08. The monoisotopic (exact) mass is 191 g/mol. The minimum atomic E-state index is -3.07. The molecule has 5 heteroatoms. The van der Waals surface area contributed by atoms with Crippen LogP contribution in [-0.2, 0) is 0 Å². The SMILES string of the molecule is Cc1cc(N)c(OC(F)F)c(F)c1. The summed E-state index contributed by atoms with van der Waals surface area (Å²) in [6.07, 6.45) is 0. The number of benzene rings is 1. The highest BCUT2D eigenvalue weighted by molar-refractivity contribution is 5.54. The van der Waals surface area contributed by atoms with Crippen molar-refractivity contribution in [2.75, 3.05) is 5.73 Å². The van der Waals surface area contributed by atoms with Crippen molar-refractivity contribution in [2.45, 2.75) is 13.5 Å². The van der Waals surface area contributed by atoms with Crippen LogP contribution in [0.3, 0.4) is 0 Å². The van der Waals surface area contributed by atoms with Crippen molar-refractivity contribution in [2.24, 2.45) is 0 Å². The minimum absolute atomic E-state index is 0.127. The number of nitrogens with two attached hydrogens (primary N) is 1. The molecule has 2 nitrogen and oxygen atoms in total. The first kappa shape index (κ1) is 9.70. The van der Waals surface area contributed by atoms with Gasteiger partial charge in [-0.3, -0.25) is 0 Å². The fraction of sp³-hybridized carbons (Fsp3) is 0.250. The van der Waals surface area contributed by atoms with Gasteiger partial charge in [-0.15, -0.1) is 0 Å². The van der Waals surface area contributed by atoms with Crippen LogP contribution in [0.4, 0.5) is 18.9 Å². The van der Waals surface area contributed by atoms with E-state index in [2.05, 4.69) is 4.74 Å². The van der Waals surface area contributed by atoms with Crippen molar-refractivity contribution in [3.63, 3.8) is 0 Å². The van der Waals surface area contributed by atoms with Crippen molar-refractivity contribution >= 4 is 5.69 Å². The summed E-state index contributed by atoms with van der Waals surface area (Å²) in [6, 6.07) is 2.44. The zero-order chi connectivity index (χ0) is 10.0. The lowest BCUT2D eigenvalue weighted by atomic mass is 10.2. The first-order valence-corrected chi connectivity index (χ1v) is 3.51. The van der Waals surface area contributed by atoms with E-state index in [0.29, 0.717) is 5.56 Å². The third-order valence-electron chi connectivity index (χ3n) is 1.42. The number of hydrogen-bond acceptors (Lipinski definition) is 2. The van der Waals surface area contributed by atoms with E-state index in [1.54, 1.807) is 6.92 Å². The van der Waals surface area contributed by atoms with Gasteiger partial charge in [-0.25, -0.2) is 4.39 Å². The molecule has 0 saturated heterocycles. The van der Waals surface area contributed by atoms with Gasteiger partial charge >= 0.3 is 6.61 Å². The van der Waals surface area contributed by atoms with Gasteiger partial charge in [-0.05, 0) is 24.6 Å². The third kappa shape index (κ3) is 2.27. The smallest absolute Gasteiger partial charge is 0.387 e. The molecule has 0 aliphatic rings. The summed E-state index contributed by atoms with van der Waals surface area (Å²) in [7, 11) is 0. The number of halogens is 3. The van der Waals surface area contributed by atoms with Crippen molar-refractivity contribution < 1.29 is 17.9 Å². The van der Waals surface area contributed by atoms with Crippen LogP contribution in [0.25, 0.3) is 0 Å². The number of alkyl halides is 2. The van der Waals surface area contributed by atoms with Gasteiger partial charge in [0.25, 0.3) is 0 Å². The zero-order valence-corrected chi connectivity index (χ0v) is 6.85. The Bertz CT molecular complexity index is 291. The molecule has 0 saturated carbocycles. The predicted octanol–water partition coefficient (Wildman–Crippen LogP) is 2.32. The highest BCUT2D eigenvalue weighted by atomic mass is 19.3. The summed E-state index contributed by atoms with van der Waals surface area (Å²) in [5.74, 6) is -1.47. The maximum atomic E-state index is 12.9. The molecule has 0 spiro atoms. The number of rotatable bonds is 2. The maximum Gasteiger partial charge on any atom is 0.387 e. The first-order valence-electron chi connectivity index (χ1n) is 3.51. The molecule has 13 heavy (non-hydrogen) atoms. The molecular formula is C8H8F3NO. The molecule has 0 amide bonds. The largest absolute Gasteiger partial charge is 0.429 e. The van der Waals surface area contributed by atoms with Gasteiger partial charge in [0.1, 0.15) is 0 Å². The Kier molecular flexibility index (Phi) is 2.65. The Labute approximate surface area is 73.1 Å². The number of aryl methyl sites for hydroxylation is 1. The maximum absolute atomic E-state index is 12.9. The Morgan fingerprint density at radius 2 is 2.00 bits per heavy atom. The van der Waals surface area contributed by atoms with Crippen molar-refractivity contribution in [3.05, 3.63) is 23.5 Å². The van der Waals surface area contributed by atoms with Crippen LogP contribution >= 0.6 is 0 Å². The summed E-state index contributed by atoms with van der Waals surface area (Å²) >= 11 is 0. The molecule has 2 N–H and O–H groups in total. The minimum Gasteiger partial charge on any atom is -0.429 e. The van der Waals surface area contributed by atoms with E-state index in [-0.39, 0.29) is 5.69 Å². The van der Waals surface area contributed by atoms with Crippen LogP contribution in [0, 0.1) is 12.7 Å². The standard InChI is InChI=1S/C8H8F3NO/c1-4-2-5(9)7(6(12)3-4)13-8(10)11/h2-3,8H,12H2,1H3. The Hall–Kier alpha value is -1.39. The molecule has 0 aliphatic carbocycles. The van der Waals surface area contributed by atoms with Crippen molar-refractivity contribution in [1.82, 2.24) is 0 Å². The second-order valence-corrected chi connectivity index (χ2v) is 2.54. The molecule has 72 valence electrons. The van der Waals surface area contributed by atoms with Gasteiger partial charge in [-0.2, -0.15) is 8.78 Å². The molecule has 1 aromatic carbocycles. The van der Waals surface area contributed by atoms with Crippen LogP contribution in [0.15, 0.2) is 12.1 Å². The zero-order valence-electron chi connectivity index (χ0n) is 6.85. The molecule has 1 rings (SSSR count). The average Bonchev–Trinajstić information content (AvgIpc) is 1.96. The summed E-state index contributed by atoms with van der Waals surface area (Å²) in [5.41, 5.74) is 5.70. The molecular weight excluding hydrogens is 183 g/mol. The van der Waals surface area contributed by atoms with E-state index in [4.69, 9.17) is 5.73 Å². The van der Waals surface area contributed by atoms with E-state index >= 15 is 0 Å². The average molecular weight is 191 g/mol. The second-order valence-electron chi connectivity index (χ2n) is 2.54. The second kappa shape index (κ2) is 3.55. The fourth-order valence-electron chi connectivity index (χ4n) is 0.969. The van der Waals surface area contributed by atoms with Crippen LogP contribution < -0.4 is 10.5 Å². The van der Waals surface area contributed by atoms with Gasteiger partial charge in [0, 0.05) is 0 Å². The summed E-state index contributed by atoms with van der Waals surface area (Å²) in [5, 5.41) is 0. The van der Waals surface area contributed by atoms with E-state index in [1.807, 2.05) is 0 Å². The highest BCUT2D eigenvalue weighted by Crippen LogP contribution is 2.27. The molecule has 0 aromatic heterocycles. The van der Waals surface area contributed by atoms with Crippen LogP contribution in [0.2, 0.25) is 0 Å².